The van der Waals surface area contributed by atoms with Crippen LogP contribution in [-0.2, 0) is 4.79 Å². The van der Waals surface area contributed by atoms with E-state index in [0.29, 0.717) is 0 Å². The van der Waals surface area contributed by atoms with Crippen LogP contribution in [0.1, 0.15) is 27.1 Å². The molecule has 0 aliphatic heterocycles. The van der Waals surface area contributed by atoms with E-state index in [1.807, 2.05) is 12.1 Å². The molecule has 0 aliphatic rings. The molecule has 0 fully saturated rings. The molecule has 8 rings (SSSR count). The van der Waals surface area contributed by atoms with Gasteiger partial charge in [-0.25, -0.2) is 4.79 Å². The number of carboxylic acid groups (broad SMARTS) is 1. The molecule has 6 aromatic carbocycles. The summed E-state index contributed by atoms with van der Waals surface area (Å²) in [6.45, 7) is 2.12. The van der Waals surface area contributed by atoms with Crippen molar-refractivity contribution in [2.24, 2.45) is 0 Å². The van der Waals surface area contributed by atoms with Crippen LogP contribution in [0.25, 0.3) is 48.0 Å². The van der Waals surface area contributed by atoms with Gasteiger partial charge >= 0.3 is 5.97 Å². The summed E-state index contributed by atoms with van der Waals surface area (Å²) >= 11 is 3.24. The number of rotatable bonds is 9. The van der Waals surface area contributed by atoms with Gasteiger partial charge in [0, 0.05) is 46.9 Å². The molecule has 2 heterocycles. The highest BCUT2D eigenvalue weighted by molar-refractivity contribution is 7.25. The van der Waals surface area contributed by atoms with Gasteiger partial charge in [-0.3, -0.25) is 0 Å². The maximum absolute atomic E-state index is 11.4. The van der Waals surface area contributed by atoms with E-state index in [2.05, 4.69) is 163 Å². The van der Waals surface area contributed by atoms with Gasteiger partial charge in [0.1, 0.15) is 11.6 Å². The van der Waals surface area contributed by atoms with Gasteiger partial charge in [0.15, 0.2) is 0 Å². The monoisotopic (exact) mass is 720 g/mol. The first-order valence-electron chi connectivity index (χ1n) is 17.2. The third-order valence-corrected chi connectivity index (χ3v) is 11.4. The minimum atomic E-state index is -1.23. The molecule has 1 N–H and O–H groups in total. The topological polar surface area (TPSA) is 64.3 Å². The van der Waals surface area contributed by atoms with Gasteiger partial charge in [-0.15, -0.1) is 22.7 Å². The Morgan fingerprint density at radius 2 is 1.21 bits per heavy atom. The van der Waals surface area contributed by atoms with Gasteiger partial charge in [0.05, 0.1) is 5.70 Å². The lowest BCUT2D eigenvalue weighted by atomic mass is 9.91. The molecule has 0 atom stereocenters. The molecule has 0 bridgehead atoms. The number of carbonyl (C=O) groups is 1. The molecular formula is C47H32N2O2S2. The Morgan fingerprint density at radius 3 is 1.81 bits per heavy atom. The Kier molecular flexibility index (Phi) is 9.27. The number of anilines is 2. The minimum Gasteiger partial charge on any atom is -0.477 e. The normalized spacial score (nSPS) is 11.4. The number of hydrogen-bond acceptors (Lipinski definition) is 5. The van der Waals surface area contributed by atoms with Crippen LogP contribution in [0, 0.1) is 18.3 Å². The van der Waals surface area contributed by atoms with Crippen molar-refractivity contribution < 1.29 is 9.90 Å². The van der Waals surface area contributed by atoms with Crippen LogP contribution >= 0.6 is 22.7 Å². The number of thiophene rings is 2. The molecule has 0 unspecified atom stereocenters. The molecule has 2 aromatic heterocycles. The smallest absolute Gasteiger partial charge is 0.346 e. The fourth-order valence-corrected chi connectivity index (χ4v) is 8.67. The van der Waals surface area contributed by atoms with E-state index in [0.717, 1.165) is 65.4 Å². The molecule has 53 heavy (non-hydrogen) atoms. The van der Waals surface area contributed by atoms with Gasteiger partial charge in [-0.2, -0.15) is 5.26 Å². The molecular weight excluding hydrogens is 689 g/mol. The first kappa shape index (κ1) is 33.6. The van der Waals surface area contributed by atoms with E-state index < -0.39 is 5.97 Å². The Balaban J connectivity index is 1.36. The number of nitrogens with zero attached hydrogens (tertiary/aromatic N) is 2. The van der Waals surface area contributed by atoms with Crippen LogP contribution in [0.15, 0.2) is 169 Å². The van der Waals surface area contributed by atoms with Crippen molar-refractivity contribution in [1.29, 1.82) is 5.26 Å². The number of aryl methyl sites for hydroxylation is 1. The Labute approximate surface area is 316 Å². The van der Waals surface area contributed by atoms with Gasteiger partial charge in [-0.1, -0.05) is 115 Å². The summed E-state index contributed by atoms with van der Waals surface area (Å²) < 4.78 is 2.38. The zero-order valence-corrected chi connectivity index (χ0v) is 30.4. The lowest BCUT2D eigenvalue weighted by molar-refractivity contribution is -0.132. The summed E-state index contributed by atoms with van der Waals surface area (Å²) in [5, 5.41) is 20.9. The second kappa shape index (κ2) is 14.6. The van der Waals surface area contributed by atoms with E-state index in [-0.39, 0.29) is 5.57 Å². The molecule has 8 aromatic rings. The summed E-state index contributed by atoms with van der Waals surface area (Å²) in [4.78, 5) is 15.6. The largest absolute Gasteiger partial charge is 0.477 e. The molecule has 0 saturated heterocycles. The SMILES string of the molecule is Cc1ccc(N(C(=C(c2ccccc2)c2ccccc2)c2ccccc2)c2ccc3sc4ccc(-c5ccc(/C=C(\C#N)C(=O)O)s5)cc4c3c2)cc1. The van der Waals surface area contributed by atoms with Crippen molar-refractivity contribution in [3.63, 3.8) is 0 Å². The Bertz CT molecular complexity index is 2660. The summed E-state index contributed by atoms with van der Waals surface area (Å²) in [6, 6.07) is 59.5. The molecule has 0 saturated carbocycles. The van der Waals surface area contributed by atoms with E-state index in [9.17, 15) is 15.2 Å². The first-order chi connectivity index (χ1) is 26.0. The molecule has 4 nitrogen and oxygen atoms in total. The quantitative estimate of drug-likeness (QED) is 0.0916. The van der Waals surface area contributed by atoms with Gasteiger partial charge < -0.3 is 10.0 Å². The van der Waals surface area contributed by atoms with E-state index >= 15 is 0 Å². The second-order valence-corrected chi connectivity index (χ2v) is 14.9. The van der Waals surface area contributed by atoms with Crippen molar-refractivity contribution >= 4 is 77.5 Å². The lowest BCUT2D eigenvalue weighted by Crippen LogP contribution is -2.18. The zero-order chi connectivity index (χ0) is 36.3. The highest BCUT2D eigenvalue weighted by Crippen LogP contribution is 2.45. The second-order valence-electron chi connectivity index (χ2n) is 12.7. The first-order valence-corrected chi connectivity index (χ1v) is 18.8. The number of nitriles is 1. The van der Waals surface area contributed by atoms with Crippen LogP contribution in [0.3, 0.4) is 0 Å². The third kappa shape index (κ3) is 6.80. The van der Waals surface area contributed by atoms with Crippen LogP contribution in [0.4, 0.5) is 11.4 Å². The van der Waals surface area contributed by atoms with Crippen molar-refractivity contribution in [3.05, 3.63) is 196 Å². The molecule has 254 valence electrons. The maximum atomic E-state index is 11.4. The number of benzene rings is 6. The van der Waals surface area contributed by atoms with Crippen molar-refractivity contribution in [1.82, 2.24) is 0 Å². The number of fused-ring (bicyclic) bond motifs is 3. The molecule has 0 spiro atoms. The fraction of sp³-hybridized carbons (Fsp3) is 0.0213. The minimum absolute atomic E-state index is 0.282. The van der Waals surface area contributed by atoms with Gasteiger partial charge in [0.2, 0.25) is 0 Å². The van der Waals surface area contributed by atoms with Crippen molar-refractivity contribution in [2.75, 3.05) is 4.90 Å². The summed E-state index contributed by atoms with van der Waals surface area (Å²) in [6.07, 6.45) is 1.43. The van der Waals surface area contributed by atoms with Crippen molar-refractivity contribution in [3.8, 4) is 16.5 Å². The van der Waals surface area contributed by atoms with Crippen LogP contribution < -0.4 is 4.90 Å². The number of carboxylic acids is 1. The van der Waals surface area contributed by atoms with Gasteiger partial charge in [0.25, 0.3) is 0 Å². The standard InChI is InChI=1S/C47H32N2O2S2/c1-31-17-20-37(21-18-31)49(46(34-15-9-4-10-16-34)45(32-11-5-2-6-12-32)33-13-7-3-8-14-33)38-22-25-44-41(29-38)40-28-35(19-24-43(40)53-44)42-26-23-39(52-42)27-36(30-48)47(50)51/h2-29H,1H3,(H,50,51)/b36-27+. The van der Waals surface area contributed by atoms with Crippen molar-refractivity contribution in [2.45, 2.75) is 6.92 Å². The third-order valence-electron chi connectivity index (χ3n) is 9.18. The van der Waals surface area contributed by atoms with E-state index in [4.69, 9.17) is 0 Å². The van der Waals surface area contributed by atoms with Crippen LogP contribution in [0.5, 0.6) is 0 Å². The van der Waals surface area contributed by atoms with Gasteiger partial charge in [-0.05, 0) is 89.9 Å². The molecule has 0 amide bonds. The summed E-state index contributed by atoms with van der Waals surface area (Å²) in [5.41, 5.74) is 9.57. The fourth-order valence-electron chi connectivity index (χ4n) is 6.66. The predicted octanol–water partition coefficient (Wildman–Crippen LogP) is 12.8. The zero-order valence-electron chi connectivity index (χ0n) is 28.7. The van der Waals surface area contributed by atoms with E-state index in [1.165, 1.54) is 32.4 Å². The molecule has 0 radical (unpaired) electrons. The summed E-state index contributed by atoms with van der Waals surface area (Å²) in [7, 11) is 0. The van der Waals surface area contributed by atoms with Crippen LogP contribution in [-0.4, -0.2) is 11.1 Å². The molecule has 0 aliphatic carbocycles. The Hall–Kier alpha value is -6.52. The highest BCUT2D eigenvalue weighted by atomic mass is 32.1. The Morgan fingerprint density at radius 1 is 0.642 bits per heavy atom. The average molecular weight is 721 g/mol. The van der Waals surface area contributed by atoms with E-state index in [1.54, 1.807) is 17.4 Å². The number of aliphatic carboxylic acids is 1. The number of hydrogen-bond donors (Lipinski definition) is 1. The predicted molar refractivity (Wildman–Crippen MR) is 222 cm³/mol. The average Bonchev–Trinajstić information content (AvgIpc) is 3.82. The molecule has 6 heteroatoms. The lowest BCUT2D eigenvalue weighted by Gasteiger charge is -2.31. The highest BCUT2D eigenvalue weighted by Gasteiger charge is 2.24. The summed E-state index contributed by atoms with van der Waals surface area (Å²) in [5.74, 6) is -1.23. The van der Waals surface area contributed by atoms with Crippen LogP contribution in [0.2, 0.25) is 0 Å². The maximum Gasteiger partial charge on any atom is 0.346 e.